The highest BCUT2D eigenvalue weighted by Crippen LogP contribution is 2.29. The number of methoxy groups -OCH3 is 2. The molecule has 0 spiro atoms. The number of hydrogen-bond donors (Lipinski definition) is 2. The highest BCUT2D eigenvalue weighted by molar-refractivity contribution is 6.08. The molecule has 2 N–H and O–H groups in total. The van der Waals surface area contributed by atoms with Crippen LogP contribution >= 0.6 is 0 Å². The first kappa shape index (κ1) is 18.3. The number of benzene rings is 2. The second kappa shape index (κ2) is 8.72. The van der Waals surface area contributed by atoms with E-state index in [-0.39, 0.29) is 5.91 Å². The minimum atomic E-state index is -0.242. The zero-order valence-electron chi connectivity index (χ0n) is 15.5. The molecule has 2 aromatic carbocycles. The van der Waals surface area contributed by atoms with Gasteiger partial charge >= 0.3 is 0 Å². The van der Waals surface area contributed by atoms with Crippen molar-refractivity contribution in [3.8, 4) is 11.5 Å². The van der Waals surface area contributed by atoms with Gasteiger partial charge in [0.1, 0.15) is 23.6 Å². The van der Waals surface area contributed by atoms with Crippen LogP contribution in [0.2, 0.25) is 0 Å². The van der Waals surface area contributed by atoms with E-state index in [0.29, 0.717) is 17.1 Å². The Balaban J connectivity index is 1.68. The maximum Gasteiger partial charge on any atom is 0.263 e. The molecule has 1 fully saturated rings. The van der Waals surface area contributed by atoms with Crippen LogP contribution in [-0.4, -0.2) is 33.2 Å². The van der Waals surface area contributed by atoms with E-state index in [0.717, 1.165) is 12.2 Å². The van der Waals surface area contributed by atoms with E-state index in [4.69, 9.17) is 9.47 Å². The Bertz CT molecular complexity index is 715. The molecule has 138 valence electrons. The topological polar surface area (TPSA) is 52.0 Å². The smallest absolute Gasteiger partial charge is 0.263 e. The molecule has 0 radical (unpaired) electrons. The molecule has 5 nitrogen and oxygen atoms in total. The minimum Gasteiger partial charge on any atom is -0.496 e. The number of anilines is 1. The van der Waals surface area contributed by atoms with E-state index < -0.39 is 0 Å². The van der Waals surface area contributed by atoms with E-state index in [1.54, 1.807) is 37.3 Å². The van der Waals surface area contributed by atoms with Crippen LogP contribution in [0.5, 0.6) is 11.5 Å². The minimum absolute atomic E-state index is 0.242. The summed E-state index contributed by atoms with van der Waals surface area (Å²) in [5.41, 5.74) is 2.47. The number of ether oxygens (including phenoxy) is 2. The number of carbonyl (C=O) groups is 1. The van der Waals surface area contributed by atoms with Gasteiger partial charge in [-0.05, 0) is 43.5 Å². The van der Waals surface area contributed by atoms with Gasteiger partial charge in [-0.3, -0.25) is 4.79 Å². The molecule has 3 rings (SSSR count). The summed E-state index contributed by atoms with van der Waals surface area (Å²) in [7, 11) is 3.09. The van der Waals surface area contributed by atoms with Gasteiger partial charge in [0.15, 0.2) is 0 Å². The number of likely N-dealkylation sites (tertiary alicyclic amines) is 1. The molecule has 0 aromatic heterocycles. The quantitative estimate of drug-likeness (QED) is 0.837. The van der Waals surface area contributed by atoms with Crippen LogP contribution in [0.25, 0.3) is 0 Å². The molecule has 26 heavy (non-hydrogen) atoms. The first-order chi connectivity index (χ1) is 12.7. The summed E-state index contributed by atoms with van der Waals surface area (Å²) in [6.45, 7) is 3.56. The molecule has 2 aromatic rings. The van der Waals surface area contributed by atoms with Crippen molar-refractivity contribution in [1.82, 2.24) is 0 Å². The monoisotopic (exact) mass is 355 g/mol. The van der Waals surface area contributed by atoms with Crippen molar-refractivity contribution in [1.29, 1.82) is 0 Å². The summed E-state index contributed by atoms with van der Waals surface area (Å²) < 4.78 is 10.6. The van der Waals surface area contributed by atoms with Crippen LogP contribution < -0.4 is 19.7 Å². The number of hydrogen-bond acceptors (Lipinski definition) is 3. The van der Waals surface area contributed by atoms with Crippen molar-refractivity contribution < 1.29 is 19.2 Å². The largest absolute Gasteiger partial charge is 0.496 e. The molecule has 1 heterocycles. The average molecular weight is 355 g/mol. The number of carbonyl (C=O) groups excluding carboxylic acids is 1. The lowest BCUT2D eigenvalue weighted by atomic mass is 10.1. The zero-order chi connectivity index (χ0) is 18.4. The lowest BCUT2D eigenvalue weighted by Gasteiger charge is -2.23. The molecule has 1 saturated heterocycles. The summed E-state index contributed by atoms with van der Waals surface area (Å²) in [6.07, 6.45) is 4.01. The van der Waals surface area contributed by atoms with E-state index in [1.807, 2.05) is 12.1 Å². The first-order valence-electron chi connectivity index (χ1n) is 9.16. The van der Waals surface area contributed by atoms with E-state index >= 15 is 0 Å². The second-order valence-electron chi connectivity index (χ2n) is 6.68. The Morgan fingerprint density at radius 1 is 0.962 bits per heavy atom. The van der Waals surface area contributed by atoms with Crippen LogP contribution in [0.3, 0.4) is 0 Å². The van der Waals surface area contributed by atoms with Crippen molar-refractivity contribution in [2.45, 2.75) is 25.8 Å². The maximum atomic E-state index is 12.7. The lowest BCUT2D eigenvalue weighted by Crippen LogP contribution is -3.11. The van der Waals surface area contributed by atoms with Gasteiger partial charge in [0, 0.05) is 11.3 Å². The van der Waals surface area contributed by atoms with Gasteiger partial charge in [0.2, 0.25) is 0 Å². The fourth-order valence-electron chi connectivity index (χ4n) is 3.49. The van der Waals surface area contributed by atoms with Crippen molar-refractivity contribution in [3.63, 3.8) is 0 Å². The normalized spacial score (nSPS) is 14.7. The Labute approximate surface area is 154 Å². The number of amides is 1. The molecular formula is C21H27N2O3+. The van der Waals surface area contributed by atoms with Crippen LogP contribution in [0.1, 0.15) is 35.2 Å². The summed E-state index contributed by atoms with van der Waals surface area (Å²) in [4.78, 5) is 14.3. The van der Waals surface area contributed by atoms with Crippen LogP contribution in [0, 0.1) is 0 Å². The SMILES string of the molecule is COc1cccc(OC)c1C(=O)Nc1ccc(C[NH+]2CCCCC2)cc1. The molecule has 0 unspecified atom stereocenters. The van der Waals surface area contributed by atoms with E-state index in [2.05, 4.69) is 17.4 Å². The number of rotatable bonds is 6. The van der Waals surface area contributed by atoms with Gasteiger partial charge in [0.25, 0.3) is 5.91 Å². The standard InChI is InChI=1S/C21H26N2O3/c1-25-18-7-6-8-19(26-2)20(18)21(24)22-17-11-9-16(10-12-17)15-23-13-4-3-5-14-23/h6-12H,3-5,13-15H2,1-2H3,(H,22,24)/p+1. The fraction of sp³-hybridized carbons (Fsp3) is 0.381. The summed E-state index contributed by atoms with van der Waals surface area (Å²) in [6, 6.07) is 13.4. The van der Waals surface area contributed by atoms with Crippen molar-refractivity contribution in [2.24, 2.45) is 0 Å². The molecule has 1 aliphatic heterocycles. The van der Waals surface area contributed by atoms with E-state index in [9.17, 15) is 4.79 Å². The third-order valence-corrected chi connectivity index (χ3v) is 4.88. The predicted octanol–water partition coefficient (Wildman–Crippen LogP) is 2.52. The predicted molar refractivity (Wildman–Crippen MR) is 102 cm³/mol. The Kier molecular flexibility index (Phi) is 6.12. The number of nitrogens with one attached hydrogen (secondary N) is 2. The molecule has 5 heteroatoms. The molecule has 0 bridgehead atoms. The third-order valence-electron chi connectivity index (χ3n) is 4.88. The summed E-state index contributed by atoms with van der Waals surface area (Å²) in [5.74, 6) is 0.744. The lowest BCUT2D eigenvalue weighted by molar-refractivity contribution is -0.918. The number of piperidine rings is 1. The van der Waals surface area contributed by atoms with Crippen molar-refractivity contribution in [2.75, 3.05) is 32.6 Å². The van der Waals surface area contributed by atoms with Crippen LogP contribution in [0.4, 0.5) is 5.69 Å². The van der Waals surface area contributed by atoms with Crippen LogP contribution in [0.15, 0.2) is 42.5 Å². The molecule has 0 atom stereocenters. The molecule has 0 aliphatic carbocycles. The summed E-state index contributed by atoms with van der Waals surface area (Å²) in [5, 5.41) is 2.93. The first-order valence-corrected chi connectivity index (χ1v) is 9.16. The molecular weight excluding hydrogens is 328 g/mol. The molecule has 0 saturated carbocycles. The second-order valence-corrected chi connectivity index (χ2v) is 6.68. The number of quaternary nitrogens is 1. The molecule has 1 amide bonds. The Morgan fingerprint density at radius 2 is 1.58 bits per heavy atom. The molecule has 1 aliphatic rings. The zero-order valence-corrected chi connectivity index (χ0v) is 15.5. The van der Waals surface area contributed by atoms with Gasteiger partial charge in [-0.2, -0.15) is 0 Å². The van der Waals surface area contributed by atoms with Crippen molar-refractivity contribution >= 4 is 11.6 Å². The highest BCUT2D eigenvalue weighted by Gasteiger charge is 2.18. The average Bonchev–Trinajstić information content (AvgIpc) is 2.69. The Hall–Kier alpha value is -2.53. The van der Waals surface area contributed by atoms with Crippen molar-refractivity contribution in [3.05, 3.63) is 53.6 Å². The van der Waals surface area contributed by atoms with Gasteiger partial charge in [-0.25, -0.2) is 0 Å². The summed E-state index contributed by atoms with van der Waals surface area (Å²) >= 11 is 0. The van der Waals surface area contributed by atoms with Crippen LogP contribution in [-0.2, 0) is 6.54 Å². The van der Waals surface area contributed by atoms with Gasteiger partial charge in [-0.15, -0.1) is 0 Å². The van der Waals surface area contributed by atoms with Gasteiger partial charge in [0.05, 0.1) is 27.3 Å². The third kappa shape index (κ3) is 4.35. The highest BCUT2D eigenvalue weighted by atomic mass is 16.5. The van der Waals surface area contributed by atoms with E-state index in [1.165, 1.54) is 37.9 Å². The van der Waals surface area contributed by atoms with Gasteiger partial charge < -0.3 is 19.7 Å². The Morgan fingerprint density at radius 3 is 2.15 bits per heavy atom. The van der Waals surface area contributed by atoms with Gasteiger partial charge in [-0.1, -0.05) is 18.2 Å². The maximum absolute atomic E-state index is 12.7. The fourth-order valence-corrected chi connectivity index (χ4v) is 3.49.